The summed E-state index contributed by atoms with van der Waals surface area (Å²) in [5.74, 6) is 0.667. The van der Waals surface area contributed by atoms with E-state index in [9.17, 15) is 0 Å². The maximum absolute atomic E-state index is 5.48. The standard InChI is InChI=1S/C50H28N4S/c1-2-13-31-30(12-1)32-14-4-8-21-42(32)53-44-27-39-33-15-5-9-22-43(33)54(45(39)28-40(44)37-19-11-18-36(31)49(37)53)50-51-41-20-7-3-17-38(41)48(52-50)29-24-25-35-34-16-6-10-23-46(34)55-47(35)26-29/h1-28H. The van der Waals surface area contributed by atoms with Gasteiger partial charge < -0.3 is 4.57 Å². The molecule has 0 atom stereocenters. The fraction of sp³-hybridized carbons (Fsp3) is 0. The molecule has 0 saturated carbocycles. The number of para-hydroxylation sites is 4. The Kier molecular flexibility index (Phi) is 5.74. The van der Waals surface area contributed by atoms with Gasteiger partial charge in [0.25, 0.3) is 0 Å². The van der Waals surface area contributed by atoms with Gasteiger partial charge in [-0.3, -0.25) is 4.57 Å². The summed E-state index contributed by atoms with van der Waals surface area (Å²) in [7, 11) is 0. The zero-order valence-corrected chi connectivity index (χ0v) is 30.2. The summed E-state index contributed by atoms with van der Waals surface area (Å²) in [6.45, 7) is 0. The van der Waals surface area contributed by atoms with E-state index in [1.807, 2.05) is 11.3 Å². The van der Waals surface area contributed by atoms with E-state index in [1.54, 1.807) is 0 Å². The molecule has 0 amide bonds. The van der Waals surface area contributed by atoms with E-state index in [0.717, 1.165) is 33.2 Å². The summed E-state index contributed by atoms with van der Waals surface area (Å²) < 4.78 is 7.33. The molecule has 4 nitrogen and oxygen atoms in total. The number of nitrogens with zero attached hydrogens (tertiary/aromatic N) is 4. The van der Waals surface area contributed by atoms with Crippen molar-refractivity contribution in [2.75, 3.05) is 0 Å². The number of aromatic nitrogens is 4. The number of benzene rings is 8. The van der Waals surface area contributed by atoms with E-state index in [4.69, 9.17) is 9.97 Å². The van der Waals surface area contributed by atoms with Crippen LogP contribution in [0.25, 0.3) is 120 Å². The lowest BCUT2D eigenvalue weighted by atomic mass is 9.94. The van der Waals surface area contributed by atoms with Crippen LogP contribution in [0.1, 0.15) is 0 Å². The van der Waals surface area contributed by atoms with Crippen molar-refractivity contribution >= 4 is 86.0 Å². The molecule has 0 fully saturated rings. The summed E-state index contributed by atoms with van der Waals surface area (Å²) in [6.07, 6.45) is 0. The van der Waals surface area contributed by atoms with Crippen LogP contribution in [0.3, 0.4) is 0 Å². The van der Waals surface area contributed by atoms with Crippen LogP contribution in [0.2, 0.25) is 0 Å². The molecule has 4 aromatic heterocycles. The molecule has 12 aromatic rings. The van der Waals surface area contributed by atoms with Crippen LogP contribution < -0.4 is 0 Å². The maximum atomic E-state index is 5.48. The monoisotopic (exact) mass is 716 g/mol. The van der Waals surface area contributed by atoms with Gasteiger partial charge in [0.1, 0.15) is 0 Å². The van der Waals surface area contributed by atoms with Crippen LogP contribution in [0.5, 0.6) is 0 Å². The molecule has 0 aliphatic carbocycles. The van der Waals surface area contributed by atoms with E-state index in [-0.39, 0.29) is 0 Å². The van der Waals surface area contributed by atoms with Gasteiger partial charge in [0, 0.05) is 63.8 Å². The topological polar surface area (TPSA) is 35.6 Å². The number of hydrogen-bond acceptors (Lipinski definition) is 3. The van der Waals surface area contributed by atoms with E-state index in [0.29, 0.717) is 5.95 Å². The molecule has 0 bridgehead atoms. The molecule has 55 heavy (non-hydrogen) atoms. The minimum absolute atomic E-state index is 0.667. The Morgan fingerprint density at radius 2 is 1.02 bits per heavy atom. The fourth-order valence-corrected chi connectivity index (χ4v) is 10.5. The third-order valence-electron chi connectivity index (χ3n) is 11.7. The summed E-state index contributed by atoms with van der Waals surface area (Å²) >= 11 is 1.84. The first-order valence-electron chi connectivity index (χ1n) is 18.7. The van der Waals surface area contributed by atoms with Crippen LogP contribution in [0.15, 0.2) is 170 Å². The van der Waals surface area contributed by atoms with Gasteiger partial charge in [-0.1, -0.05) is 127 Å². The lowest BCUT2D eigenvalue weighted by molar-refractivity contribution is 1.01. The molecule has 8 aromatic carbocycles. The predicted octanol–water partition coefficient (Wildman–Crippen LogP) is 13.5. The van der Waals surface area contributed by atoms with Gasteiger partial charge in [-0.2, -0.15) is 0 Å². The second kappa shape index (κ2) is 10.8. The van der Waals surface area contributed by atoms with Crippen molar-refractivity contribution < 1.29 is 0 Å². The highest BCUT2D eigenvalue weighted by Gasteiger charge is 2.26. The van der Waals surface area contributed by atoms with Crippen molar-refractivity contribution in [1.82, 2.24) is 19.1 Å². The molecule has 0 unspecified atom stereocenters. The first-order chi connectivity index (χ1) is 27.3. The van der Waals surface area contributed by atoms with E-state index >= 15 is 0 Å². The Hall–Kier alpha value is -7.08. The van der Waals surface area contributed by atoms with Gasteiger partial charge in [-0.15, -0.1) is 11.3 Å². The molecule has 254 valence electrons. The number of fused-ring (bicyclic) bond motifs is 15. The number of thiophene rings is 1. The SMILES string of the molecule is c1ccc2c(c1)-c1ccccc1-n1c3cc4c5ccccc5n(-c5nc(-c6ccc7c(c6)sc6ccccc67)c6ccccc6n5)c4cc3c3cccc-2c31. The van der Waals surface area contributed by atoms with Crippen molar-refractivity contribution in [2.45, 2.75) is 0 Å². The van der Waals surface area contributed by atoms with Crippen molar-refractivity contribution in [3.63, 3.8) is 0 Å². The van der Waals surface area contributed by atoms with Crippen LogP contribution in [-0.4, -0.2) is 19.1 Å². The van der Waals surface area contributed by atoms with Gasteiger partial charge in [0.05, 0.1) is 39.0 Å². The summed E-state index contributed by atoms with van der Waals surface area (Å²) in [6, 6.07) is 61.7. The fourth-order valence-electron chi connectivity index (χ4n) is 9.32. The maximum Gasteiger partial charge on any atom is 0.235 e. The molecule has 5 heteroatoms. The first-order valence-corrected chi connectivity index (χ1v) is 19.5. The van der Waals surface area contributed by atoms with Crippen LogP contribution in [0.4, 0.5) is 0 Å². The Balaban J connectivity index is 1.13. The Bertz CT molecular complexity index is 3620. The minimum Gasteiger partial charge on any atom is -0.308 e. The van der Waals surface area contributed by atoms with Gasteiger partial charge in [-0.25, -0.2) is 9.97 Å². The lowest BCUT2D eigenvalue weighted by Crippen LogP contribution is -2.03. The molecule has 5 heterocycles. The molecule has 1 aliphatic heterocycles. The summed E-state index contributed by atoms with van der Waals surface area (Å²) in [4.78, 5) is 10.8. The Morgan fingerprint density at radius 3 is 1.91 bits per heavy atom. The smallest absolute Gasteiger partial charge is 0.235 e. The highest BCUT2D eigenvalue weighted by molar-refractivity contribution is 7.25. The number of hydrogen-bond donors (Lipinski definition) is 0. The van der Waals surface area contributed by atoms with Crippen LogP contribution in [0, 0.1) is 0 Å². The highest BCUT2D eigenvalue weighted by Crippen LogP contribution is 2.48. The summed E-state index contributed by atoms with van der Waals surface area (Å²) in [5.41, 5.74) is 13.7. The average Bonchev–Trinajstić information content (AvgIpc) is 3.86. The van der Waals surface area contributed by atoms with Crippen LogP contribution >= 0.6 is 11.3 Å². The first kappa shape index (κ1) is 29.4. The van der Waals surface area contributed by atoms with Crippen molar-refractivity contribution in [2.24, 2.45) is 0 Å². The third kappa shape index (κ3) is 3.94. The van der Waals surface area contributed by atoms with Crippen molar-refractivity contribution in [3.8, 4) is 45.1 Å². The zero-order valence-electron chi connectivity index (χ0n) is 29.4. The second-order valence-electron chi connectivity index (χ2n) is 14.5. The van der Waals surface area contributed by atoms with E-state index in [2.05, 4.69) is 179 Å². The van der Waals surface area contributed by atoms with Gasteiger partial charge in [0.2, 0.25) is 5.95 Å². The zero-order chi connectivity index (χ0) is 35.8. The highest BCUT2D eigenvalue weighted by atomic mass is 32.1. The molecule has 0 saturated heterocycles. The Labute approximate surface area is 318 Å². The molecule has 0 N–H and O–H groups in total. The van der Waals surface area contributed by atoms with Gasteiger partial charge in [-0.05, 0) is 53.6 Å². The average molecular weight is 717 g/mol. The van der Waals surface area contributed by atoms with Crippen LogP contribution in [-0.2, 0) is 0 Å². The lowest BCUT2D eigenvalue weighted by Gasteiger charge is -2.13. The Morgan fingerprint density at radius 1 is 0.382 bits per heavy atom. The molecular formula is C50H28N4S. The quantitative estimate of drug-likeness (QED) is 0.179. The molecular weight excluding hydrogens is 689 g/mol. The second-order valence-corrected chi connectivity index (χ2v) is 15.6. The van der Waals surface area contributed by atoms with Gasteiger partial charge in [0.15, 0.2) is 0 Å². The largest absolute Gasteiger partial charge is 0.308 e. The minimum atomic E-state index is 0.667. The molecule has 0 radical (unpaired) electrons. The van der Waals surface area contributed by atoms with Crippen molar-refractivity contribution in [1.29, 1.82) is 0 Å². The van der Waals surface area contributed by atoms with Gasteiger partial charge >= 0.3 is 0 Å². The normalized spacial score (nSPS) is 12.4. The van der Waals surface area contributed by atoms with E-state index in [1.165, 1.54) is 80.7 Å². The predicted molar refractivity (Wildman–Crippen MR) is 231 cm³/mol. The van der Waals surface area contributed by atoms with Crippen molar-refractivity contribution in [3.05, 3.63) is 170 Å². The third-order valence-corrected chi connectivity index (χ3v) is 12.8. The number of rotatable bonds is 2. The molecule has 1 aliphatic rings. The van der Waals surface area contributed by atoms with E-state index < -0.39 is 0 Å². The summed E-state index contributed by atoms with van der Waals surface area (Å²) in [5, 5.41) is 8.40. The molecule has 13 rings (SSSR count). The molecule has 0 spiro atoms.